The molecule has 1 aliphatic heterocycles. The van der Waals surface area contributed by atoms with Gasteiger partial charge < -0.3 is 20.5 Å². The minimum absolute atomic E-state index is 0.0219. The molecule has 1 saturated heterocycles. The molecule has 2 heterocycles. The molecule has 2 unspecified atom stereocenters. The fourth-order valence-electron chi connectivity index (χ4n) is 1.94. The molecule has 3 N–H and O–H groups in total. The second-order valence-electron chi connectivity index (χ2n) is 4.23. The summed E-state index contributed by atoms with van der Waals surface area (Å²) in [5.74, 6) is 0.652. The molecule has 0 bridgehead atoms. The average molecular weight is 268 g/mol. The number of aliphatic hydroxyl groups is 1. The Bertz CT molecular complexity index is 443. The summed E-state index contributed by atoms with van der Waals surface area (Å²) >= 11 is 4.98. The standard InChI is InChI=1S/C11H16N4O2S/c1-7-6-17-8(5-16)4-15(7)11-9(10(12)18)13-2-3-14-11/h2-3,7-8,16H,4-6H2,1H3,(H2,12,18). The summed E-state index contributed by atoms with van der Waals surface area (Å²) in [4.78, 5) is 10.7. The Balaban J connectivity index is 2.31. The van der Waals surface area contributed by atoms with E-state index < -0.39 is 0 Å². The third-order valence-electron chi connectivity index (χ3n) is 2.89. The van der Waals surface area contributed by atoms with Crippen LogP contribution in [0.1, 0.15) is 12.6 Å². The number of thiocarbonyl (C=S) groups is 1. The lowest BCUT2D eigenvalue weighted by Crippen LogP contribution is -2.50. The van der Waals surface area contributed by atoms with Crippen LogP contribution in [0.15, 0.2) is 12.4 Å². The highest BCUT2D eigenvalue weighted by Crippen LogP contribution is 2.22. The fraction of sp³-hybridized carbons (Fsp3) is 0.545. The van der Waals surface area contributed by atoms with Crippen LogP contribution in [0.4, 0.5) is 5.82 Å². The summed E-state index contributed by atoms with van der Waals surface area (Å²) in [7, 11) is 0. The van der Waals surface area contributed by atoms with Crippen molar-refractivity contribution in [2.75, 3.05) is 24.7 Å². The van der Waals surface area contributed by atoms with Crippen molar-refractivity contribution in [3.63, 3.8) is 0 Å². The van der Waals surface area contributed by atoms with E-state index in [1.54, 1.807) is 12.4 Å². The van der Waals surface area contributed by atoms with E-state index in [0.717, 1.165) is 0 Å². The van der Waals surface area contributed by atoms with E-state index in [4.69, 9.17) is 22.7 Å². The van der Waals surface area contributed by atoms with Gasteiger partial charge in [-0.3, -0.25) is 0 Å². The van der Waals surface area contributed by atoms with Crippen LogP contribution >= 0.6 is 12.2 Å². The van der Waals surface area contributed by atoms with Gasteiger partial charge in [0.2, 0.25) is 0 Å². The van der Waals surface area contributed by atoms with Crippen LogP contribution in [0, 0.1) is 0 Å². The number of nitrogens with two attached hydrogens (primary N) is 1. The molecule has 0 aromatic carbocycles. The van der Waals surface area contributed by atoms with Crippen molar-refractivity contribution in [3.05, 3.63) is 18.1 Å². The van der Waals surface area contributed by atoms with E-state index in [1.165, 1.54) is 0 Å². The first kappa shape index (κ1) is 13.1. The summed E-state index contributed by atoms with van der Waals surface area (Å²) in [6.45, 7) is 3.07. The summed E-state index contributed by atoms with van der Waals surface area (Å²) in [6, 6.07) is 0.137. The maximum atomic E-state index is 9.18. The van der Waals surface area contributed by atoms with Crippen molar-refractivity contribution in [2.24, 2.45) is 5.73 Å². The predicted octanol–water partition coefficient (Wildman–Crippen LogP) is -0.303. The molecule has 2 rings (SSSR count). The monoisotopic (exact) mass is 268 g/mol. The molecule has 2 atom stereocenters. The Morgan fingerprint density at radius 2 is 2.33 bits per heavy atom. The highest BCUT2D eigenvalue weighted by molar-refractivity contribution is 7.80. The SMILES string of the molecule is CC1COC(CO)CN1c1nccnc1C(N)=S. The molecule has 18 heavy (non-hydrogen) atoms. The van der Waals surface area contributed by atoms with Crippen molar-refractivity contribution in [3.8, 4) is 0 Å². The van der Waals surface area contributed by atoms with Gasteiger partial charge >= 0.3 is 0 Å². The highest BCUT2D eigenvalue weighted by Gasteiger charge is 2.28. The van der Waals surface area contributed by atoms with Gasteiger partial charge in [-0.15, -0.1) is 0 Å². The lowest BCUT2D eigenvalue weighted by Gasteiger charge is -2.38. The first-order chi connectivity index (χ1) is 8.63. The normalized spacial score (nSPS) is 24.0. The largest absolute Gasteiger partial charge is 0.394 e. The second-order valence-corrected chi connectivity index (χ2v) is 4.67. The van der Waals surface area contributed by atoms with Crippen molar-refractivity contribution in [1.29, 1.82) is 0 Å². The fourth-order valence-corrected chi connectivity index (χ4v) is 2.08. The molecule has 1 aliphatic rings. The Kier molecular flexibility index (Phi) is 4.05. The van der Waals surface area contributed by atoms with Crippen LogP contribution in [-0.2, 0) is 4.74 Å². The third kappa shape index (κ3) is 2.58. The minimum Gasteiger partial charge on any atom is -0.394 e. The molecule has 1 aromatic rings. The molecule has 6 nitrogen and oxygen atoms in total. The first-order valence-corrected chi connectivity index (χ1v) is 6.14. The smallest absolute Gasteiger partial charge is 0.158 e. The Morgan fingerprint density at radius 1 is 1.61 bits per heavy atom. The van der Waals surface area contributed by atoms with E-state index >= 15 is 0 Å². The molecule has 0 radical (unpaired) electrons. The van der Waals surface area contributed by atoms with Crippen LogP contribution in [-0.4, -0.2) is 52.0 Å². The van der Waals surface area contributed by atoms with E-state index in [1.807, 2.05) is 11.8 Å². The number of aromatic nitrogens is 2. The molecular formula is C11H16N4O2S. The zero-order valence-corrected chi connectivity index (χ0v) is 10.9. The van der Waals surface area contributed by atoms with Gasteiger partial charge in [-0.05, 0) is 6.92 Å². The van der Waals surface area contributed by atoms with Crippen LogP contribution < -0.4 is 10.6 Å². The topological polar surface area (TPSA) is 84.5 Å². The number of rotatable bonds is 3. The molecule has 98 valence electrons. The molecule has 0 spiro atoms. The number of hydrogen-bond acceptors (Lipinski definition) is 6. The van der Waals surface area contributed by atoms with Crippen LogP contribution in [0.25, 0.3) is 0 Å². The van der Waals surface area contributed by atoms with Gasteiger partial charge in [-0.1, -0.05) is 12.2 Å². The van der Waals surface area contributed by atoms with E-state index in [2.05, 4.69) is 9.97 Å². The van der Waals surface area contributed by atoms with Crippen LogP contribution in [0.3, 0.4) is 0 Å². The van der Waals surface area contributed by atoms with Gasteiger partial charge in [0.05, 0.1) is 25.4 Å². The molecule has 1 aromatic heterocycles. The Labute approximate surface area is 111 Å². The molecule has 1 fully saturated rings. The van der Waals surface area contributed by atoms with E-state index in [-0.39, 0.29) is 23.7 Å². The predicted molar refractivity (Wildman–Crippen MR) is 71.6 cm³/mol. The summed E-state index contributed by atoms with van der Waals surface area (Å²) in [6.07, 6.45) is 2.95. The maximum absolute atomic E-state index is 9.18. The van der Waals surface area contributed by atoms with E-state index in [0.29, 0.717) is 24.7 Å². The summed E-state index contributed by atoms with van der Waals surface area (Å²) in [5, 5.41) is 9.18. The molecule has 0 aliphatic carbocycles. The molecule has 7 heteroatoms. The number of nitrogens with zero attached hydrogens (tertiary/aromatic N) is 3. The van der Waals surface area contributed by atoms with Crippen LogP contribution in [0.5, 0.6) is 0 Å². The summed E-state index contributed by atoms with van der Waals surface area (Å²) in [5.41, 5.74) is 6.17. The van der Waals surface area contributed by atoms with E-state index in [9.17, 15) is 5.11 Å². The number of anilines is 1. The maximum Gasteiger partial charge on any atom is 0.158 e. The van der Waals surface area contributed by atoms with Crippen molar-refractivity contribution >= 4 is 23.0 Å². The van der Waals surface area contributed by atoms with Crippen molar-refractivity contribution < 1.29 is 9.84 Å². The van der Waals surface area contributed by atoms with Gasteiger partial charge in [0.1, 0.15) is 10.7 Å². The summed E-state index contributed by atoms with van der Waals surface area (Å²) < 4.78 is 5.49. The second kappa shape index (κ2) is 5.55. The minimum atomic E-state index is -0.220. The van der Waals surface area contributed by atoms with Crippen molar-refractivity contribution in [1.82, 2.24) is 9.97 Å². The number of hydrogen-bond donors (Lipinski definition) is 2. The van der Waals surface area contributed by atoms with Gasteiger partial charge in [-0.25, -0.2) is 9.97 Å². The zero-order chi connectivity index (χ0) is 13.1. The third-order valence-corrected chi connectivity index (χ3v) is 3.09. The Morgan fingerprint density at radius 3 is 3.00 bits per heavy atom. The Hall–Kier alpha value is -1.31. The zero-order valence-electron chi connectivity index (χ0n) is 10.1. The van der Waals surface area contributed by atoms with Crippen LogP contribution in [0.2, 0.25) is 0 Å². The molecular weight excluding hydrogens is 252 g/mol. The lowest BCUT2D eigenvalue weighted by molar-refractivity contribution is -0.0106. The highest BCUT2D eigenvalue weighted by atomic mass is 32.1. The lowest BCUT2D eigenvalue weighted by atomic mass is 10.2. The quantitative estimate of drug-likeness (QED) is 0.728. The number of morpholine rings is 1. The first-order valence-electron chi connectivity index (χ1n) is 5.73. The van der Waals surface area contributed by atoms with Gasteiger partial charge in [0.15, 0.2) is 5.82 Å². The van der Waals surface area contributed by atoms with Gasteiger partial charge in [0, 0.05) is 18.9 Å². The molecule has 0 saturated carbocycles. The number of ether oxygens (including phenoxy) is 1. The molecule has 0 amide bonds. The average Bonchev–Trinajstić information content (AvgIpc) is 2.39. The van der Waals surface area contributed by atoms with Gasteiger partial charge in [-0.2, -0.15) is 0 Å². The van der Waals surface area contributed by atoms with Crippen molar-refractivity contribution in [2.45, 2.75) is 19.1 Å². The van der Waals surface area contributed by atoms with Gasteiger partial charge in [0.25, 0.3) is 0 Å². The number of aliphatic hydroxyl groups excluding tert-OH is 1.